The minimum absolute atomic E-state index is 0.251. The first kappa shape index (κ1) is 11.5. The summed E-state index contributed by atoms with van der Waals surface area (Å²) in [6.45, 7) is 3.69. The van der Waals surface area contributed by atoms with Gasteiger partial charge in [0.25, 0.3) is 0 Å². The van der Waals surface area contributed by atoms with E-state index in [1.54, 1.807) is 11.3 Å². The van der Waals surface area contributed by atoms with Crippen molar-refractivity contribution in [3.63, 3.8) is 0 Å². The maximum Gasteiger partial charge on any atom is 0.0882 e. The molecule has 0 fully saturated rings. The lowest BCUT2D eigenvalue weighted by molar-refractivity contribution is 0.167. The van der Waals surface area contributed by atoms with Crippen molar-refractivity contribution in [2.24, 2.45) is 0 Å². The highest BCUT2D eigenvalue weighted by Gasteiger charge is 2.06. The molecular weight excluding hydrogens is 192 g/mol. The molecule has 14 heavy (non-hydrogen) atoms. The maximum atomic E-state index is 9.76. The van der Waals surface area contributed by atoms with Crippen molar-refractivity contribution >= 4 is 11.3 Å². The van der Waals surface area contributed by atoms with E-state index in [-0.39, 0.29) is 6.10 Å². The standard InChI is InChI=1S/C12H18OS/c1-2-3-4-5-6-8-11(13)12-9-7-10-14-12/h2,7,9-11,13H,1,3-6,8H2. The molecule has 0 saturated carbocycles. The molecule has 1 atom stereocenters. The van der Waals surface area contributed by atoms with Crippen molar-refractivity contribution in [1.29, 1.82) is 0 Å². The zero-order valence-corrected chi connectivity index (χ0v) is 9.30. The predicted molar refractivity (Wildman–Crippen MR) is 62.6 cm³/mol. The number of allylic oxidation sites excluding steroid dienone is 1. The Hall–Kier alpha value is -0.600. The Bertz CT molecular complexity index is 241. The number of hydrogen-bond acceptors (Lipinski definition) is 2. The summed E-state index contributed by atoms with van der Waals surface area (Å²) >= 11 is 1.63. The lowest BCUT2D eigenvalue weighted by atomic mass is 10.1. The largest absolute Gasteiger partial charge is 0.388 e. The smallest absolute Gasteiger partial charge is 0.0882 e. The molecule has 0 aliphatic heterocycles. The van der Waals surface area contributed by atoms with E-state index in [2.05, 4.69) is 6.58 Å². The fourth-order valence-corrected chi connectivity index (χ4v) is 2.17. The quantitative estimate of drug-likeness (QED) is 0.534. The first-order chi connectivity index (χ1) is 6.84. The fraction of sp³-hybridized carbons (Fsp3) is 0.500. The molecule has 0 bridgehead atoms. The second-order valence-electron chi connectivity index (χ2n) is 3.46. The van der Waals surface area contributed by atoms with E-state index in [0.717, 1.165) is 24.1 Å². The second-order valence-corrected chi connectivity index (χ2v) is 4.44. The zero-order chi connectivity index (χ0) is 10.2. The van der Waals surface area contributed by atoms with Crippen molar-refractivity contribution in [3.8, 4) is 0 Å². The van der Waals surface area contributed by atoms with Crippen molar-refractivity contribution in [2.45, 2.75) is 38.2 Å². The van der Waals surface area contributed by atoms with Gasteiger partial charge in [0.2, 0.25) is 0 Å². The van der Waals surface area contributed by atoms with Gasteiger partial charge in [-0.2, -0.15) is 0 Å². The van der Waals surface area contributed by atoms with Gasteiger partial charge in [-0.05, 0) is 30.7 Å². The summed E-state index contributed by atoms with van der Waals surface area (Å²) in [6.07, 6.45) is 7.17. The van der Waals surface area contributed by atoms with Crippen molar-refractivity contribution < 1.29 is 5.11 Å². The molecule has 1 nitrogen and oxygen atoms in total. The molecule has 0 radical (unpaired) electrons. The van der Waals surface area contributed by atoms with Gasteiger partial charge in [0.05, 0.1) is 6.10 Å². The van der Waals surface area contributed by atoms with Gasteiger partial charge in [0.15, 0.2) is 0 Å². The predicted octanol–water partition coefficient (Wildman–Crippen LogP) is 3.92. The van der Waals surface area contributed by atoms with E-state index in [9.17, 15) is 5.11 Å². The normalized spacial score (nSPS) is 12.6. The summed E-state index contributed by atoms with van der Waals surface area (Å²) < 4.78 is 0. The summed E-state index contributed by atoms with van der Waals surface area (Å²) in [6, 6.07) is 3.99. The number of aliphatic hydroxyl groups is 1. The highest BCUT2D eigenvalue weighted by molar-refractivity contribution is 7.10. The molecular formula is C12H18OS. The monoisotopic (exact) mass is 210 g/mol. The first-order valence-electron chi connectivity index (χ1n) is 5.17. The molecule has 1 aromatic heterocycles. The van der Waals surface area contributed by atoms with E-state index in [1.807, 2.05) is 23.6 Å². The van der Waals surface area contributed by atoms with Crippen LogP contribution in [0.4, 0.5) is 0 Å². The second kappa shape index (κ2) is 6.80. The molecule has 78 valence electrons. The molecule has 2 heteroatoms. The zero-order valence-electron chi connectivity index (χ0n) is 8.48. The van der Waals surface area contributed by atoms with Gasteiger partial charge >= 0.3 is 0 Å². The summed E-state index contributed by atoms with van der Waals surface area (Å²) in [5.74, 6) is 0. The number of thiophene rings is 1. The third kappa shape index (κ3) is 4.07. The van der Waals surface area contributed by atoms with Gasteiger partial charge in [0, 0.05) is 4.88 Å². The van der Waals surface area contributed by atoms with Crippen LogP contribution in [0.5, 0.6) is 0 Å². The summed E-state index contributed by atoms with van der Waals surface area (Å²) in [5.41, 5.74) is 0. The topological polar surface area (TPSA) is 20.2 Å². The molecule has 0 aromatic carbocycles. The number of rotatable bonds is 7. The average Bonchev–Trinajstić information content (AvgIpc) is 2.70. The highest BCUT2D eigenvalue weighted by atomic mass is 32.1. The maximum absolute atomic E-state index is 9.76. The Morgan fingerprint density at radius 3 is 2.93 bits per heavy atom. The Balaban J connectivity index is 2.10. The summed E-state index contributed by atoms with van der Waals surface area (Å²) in [4.78, 5) is 1.09. The van der Waals surface area contributed by atoms with Crippen molar-refractivity contribution in [3.05, 3.63) is 35.0 Å². The van der Waals surface area contributed by atoms with Gasteiger partial charge in [-0.3, -0.25) is 0 Å². The van der Waals surface area contributed by atoms with Crippen molar-refractivity contribution in [2.75, 3.05) is 0 Å². The Labute approximate surface area is 90.1 Å². The van der Waals surface area contributed by atoms with E-state index in [4.69, 9.17) is 0 Å². The molecule has 1 heterocycles. The van der Waals surface area contributed by atoms with E-state index < -0.39 is 0 Å². The average molecular weight is 210 g/mol. The number of aliphatic hydroxyl groups excluding tert-OH is 1. The molecule has 0 aliphatic carbocycles. The third-order valence-corrected chi connectivity index (χ3v) is 3.23. The number of hydrogen-bond donors (Lipinski definition) is 1. The molecule has 0 spiro atoms. The Kier molecular flexibility index (Phi) is 5.57. The molecule has 0 aliphatic rings. The SMILES string of the molecule is C=CCCCCCC(O)c1cccs1. The molecule has 1 aromatic rings. The van der Waals surface area contributed by atoms with Crippen molar-refractivity contribution in [1.82, 2.24) is 0 Å². The van der Waals surface area contributed by atoms with Crippen LogP contribution in [0, 0.1) is 0 Å². The van der Waals surface area contributed by atoms with Crippen LogP contribution < -0.4 is 0 Å². The molecule has 1 unspecified atom stereocenters. The Morgan fingerprint density at radius 1 is 1.43 bits per heavy atom. The van der Waals surface area contributed by atoms with Crippen LogP contribution in [0.25, 0.3) is 0 Å². The van der Waals surface area contributed by atoms with Crippen LogP contribution in [0.1, 0.15) is 43.1 Å². The van der Waals surface area contributed by atoms with Gasteiger partial charge < -0.3 is 5.11 Å². The third-order valence-electron chi connectivity index (χ3n) is 2.26. The van der Waals surface area contributed by atoms with Crippen LogP contribution in [0.3, 0.4) is 0 Å². The van der Waals surface area contributed by atoms with Crippen LogP contribution in [0.15, 0.2) is 30.2 Å². The van der Waals surface area contributed by atoms with Crippen LogP contribution in [-0.2, 0) is 0 Å². The van der Waals surface area contributed by atoms with E-state index in [0.29, 0.717) is 0 Å². The lowest BCUT2D eigenvalue weighted by Crippen LogP contribution is -1.93. The van der Waals surface area contributed by atoms with Crippen LogP contribution in [-0.4, -0.2) is 5.11 Å². The van der Waals surface area contributed by atoms with Crippen LogP contribution >= 0.6 is 11.3 Å². The number of unbranched alkanes of at least 4 members (excludes halogenated alkanes) is 3. The molecule has 0 amide bonds. The molecule has 1 N–H and O–H groups in total. The minimum Gasteiger partial charge on any atom is -0.388 e. The van der Waals surface area contributed by atoms with Gasteiger partial charge in [-0.1, -0.05) is 25.0 Å². The van der Waals surface area contributed by atoms with E-state index in [1.165, 1.54) is 12.8 Å². The lowest BCUT2D eigenvalue weighted by Gasteiger charge is -2.07. The Morgan fingerprint density at radius 2 is 2.29 bits per heavy atom. The first-order valence-corrected chi connectivity index (χ1v) is 6.05. The van der Waals surface area contributed by atoms with Gasteiger partial charge in [0.1, 0.15) is 0 Å². The molecule has 0 saturated heterocycles. The van der Waals surface area contributed by atoms with Gasteiger partial charge in [-0.15, -0.1) is 17.9 Å². The fourth-order valence-electron chi connectivity index (χ4n) is 1.43. The van der Waals surface area contributed by atoms with E-state index >= 15 is 0 Å². The summed E-state index contributed by atoms with van der Waals surface area (Å²) in [7, 11) is 0. The highest BCUT2D eigenvalue weighted by Crippen LogP contribution is 2.23. The summed E-state index contributed by atoms with van der Waals surface area (Å²) in [5, 5.41) is 11.8. The van der Waals surface area contributed by atoms with Crippen LogP contribution in [0.2, 0.25) is 0 Å². The molecule has 1 rings (SSSR count). The minimum atomic E-state index is -0.251. The van der Waals surface area contributed by atoms with Gasteiger partial charge in [-0.25, -0.2) is 0 Å².